The van der Waals surface area contributed by atoms with Gasteiger partial charge >= 0.3 is 0 Å². The number of hydrogen-bond acceptors (Lipinski definition) is 7. The number of nitrogen functional groups attached to an aromatic ring is 1. The summed E-state index contributed by atoms with van der Waals surface area (Å²) in [5.74, 6) is -2.39. The number of amides is 1. The fourth-order valence-electron chi connectivity index (χ4n) is 4.04. The Balaban J connectivity index is 1.76. The van der Waals surface area contributed by atoms with Crippen molar-refractivity contribution in [1.82, 2.24) is 25.2 Å². The maximum absolute atomic E-state index is 15.8. The summed E-state index contributed by atoms with van der Waals surface area (Å²) in [6, 6.07) is 7.07. The second kappa shape index (κ2) is 9.91. The maximum Gasteiger partial charge on any atom is 0.254 e. The first-order chi connectivity index (χ1) is 17.9. The average molecular weight is 486 g/mol. The molecule has 10 heteroatoms. The highest BCUT2D eigenvalue weighted by molar-refractivity contribution is 5.97. The molecule has 4 heterocycles. The molecule has 0 bridgehead atoms. The molecule has 3 aromatic heterocycles. The van der Waals surface area contributed by atoms with Crippen molar-refractivity contribution < 1.29 is 22.4 Å². The second-order valence-electron chi connectivity index (χ2n) is 8.65. The standard InChI is InChI=1S/C25H28F2N6O2/c1-4-35-20-9-6-15(13-29-20)19-12-16(24(34)32-25(2)10-5-11-33(3)14-25)21(26)22(30-19)18-8-7-17(28)23(27)31-18/h6-9,12-13H,4-5,10-11,14,28H2,1-3H3,(H,32,34)/t25-/m0/s1/i3D3. The summed E-state index contributed by atoms with van der Waals surface area (Å²) in [6.45, 7) is 2.06. The third kappa shape index (κ3) is 5.37. The van der Waals surface area contributed by atoms with Crippen LogP contribution >= 0.6 is 0 Å². The van der Waals surface area contributed by atoms with Crippen LogP contribution < -0.4 is 15.8 Å². The number of nitrogens with two attached hydrogens (primary N) is 1. The molecule has 0 spiro atoms. The van der Waals surface area contributed by atoms with Gasteiger partial charge in [-0.2, -0.15) is 4.39 Å². The van der Waals surface area contributed by atoms with E-state index in [0.717, 1.165) is 0 Å². The third-order valence-electron chi connectivity index (χ3n) is 5.76. The van der Waals surface area contributed by atoms with Gasteiger partial charge in [-0.15, -0.1) is 0 Å². The number of carbonyl (C=O) groups excluding carboxylic acids is 1. The lowest BCUT2D eigenvalue weighted by molar-refractivity contribution is 0.0834. The van der Waals surface area contributed by atoms with E-state index in [9.17, 15) is 9.18 Å². The predicted molar refractivity (Wildman–Crippen MR) is 129 cm³/mol. The molecule has 0 aliphatic carbocycles. The first-order valence-corrected chi connectivity index (χ1v) is 11.2. The minimum absolute atomic E-state index is 0.0647. The lowest BCUT2D eigenvalue weighted by Crippen LogP contribution is -2.56. The number of aromatic nitrogens is 3. The first-order valence-electron chi connectivity index (χ1n) is 12.7. The summed E-state index contributed by atoms with van der Waals surface area (Å²) in [5.41, 5.74) is 4.17. The number of nitrogens with one attached hydrogen (secondary N) is 1. The van der Waals surface area contributed by atoms with Crippen LogP contribution in [-0.2, 0) is 0 Å². The van der Waals surface area contributed by atoms with Gasteiger partial charge in [-0.3, -0.25) is 4.79 Å². The number of likely N-dealkylation sites (N-methyl/N-ethyl adjacent to an activating group) is 1. The van der Waals surface area contributed by atoms with E-state index in [-0.39, 0.29) is 34.9 Å². The molecule has 1 aliphatic heterocycles. The van der Waals surface area contributed by atoms with Crippen LogP contribution in [0.2, 0.25) is 0 Å². The monoisotopic (exact) mass is 485 g/mol. The third-order valence-corrected chi connectivity index (χ3v) is 5.76. The van der Waals surface area contributed by atoms with E-state index in [0.29, 0.717) is 37.4 Å². The van der Waals surface area contributed by atoms with Gasteiger partial charge in [0.25, 0.3) is 5.91 Å². The van der Waals surface area contributed by atoms with E-state index in [1.165, 1.54) is 29.3 Å². The van der Waals surface area contributed by atoms with Crippen molar-refractivity contribution in [2.75, 3.05) is 32.4 Å². The molecule has 0 saturated carbocycles. The molecule has 0 aromatic carbocycles. The Labute approximate surface area is 206 Å². The van der Waals surface area contributed by atoms with Crippen molar-refractivity contribution in [3.8, 4) is 28.5 Å². The molecule has 1 atom stereocenters. The summed E-state index contributed by atoms with van der Waals surface area (Å²) < 4.78 is 58.5. The van der Waals surface area contributed by atoms with Gasteiger partial charge in [0.15, 0.2) is 5.82 Å². The van der Waals surface area contributed by atoms with Gasteiger partial charge < -0.3 is 20.7 Å². The van der Waals surface area contributed by atoms with Gasteiger partial charge in [0.05, 0.1) is 34.8 Å². The first kappa shape index (κ1) is 20.7. The zero-order chi connectivity index (χ0) is 27.7. The van der Waals surface area contributed by atoms with Gasteiger partial charge in [0.2, 0.25) is 11.8 Å². The van der Waals surface area contributed by atoms with Crippen LogP contribution in [0.4, 0.5) is 14.5 Å². The van der Waals surface area contributed by atoms with Crippen LogP contribution in [0.25, 0.3) is 22.6 Å². The number of rotatable bonds is 6. The van der Waals surface area contributed by atoms with Crippen LogP contribution in [0.1, 0.15) is 41.2 Å². The van der Waals surface area contributed by atoms with Crippen LogP contribution in [0.5, 0.6) is 5.88 Å². The SMILES string of the molecule is [2H]C([2H])([2H])N1CCC[C@](C)(NC(=O)c2cc(-c3ccc(OCC)nc3)nc(-c3ccc(N)c(F)n3)c2F)C1. The van der Waals surface area contributed by atoms with E-state index in [2.05, 4.69) is 20.3 Å². The molecule has 1 fully saturated rings. The molecule has 3 aromatic rings. The van der Waals surface area contributed by atoms with Crippen molar-refractivity contribution >= 4 is 11.6 Å². The number of hydrogen-bond donors (Lipinski definition) is 2. The van der Waals surface area contributed by atoms with E-state index >= 15 is 4.39 Å². The van der Waals surface area contributed by atoms with Gasteiger partial charge in [0.1, 0.15) is 5.69 Å². The number of likely N-dealkylation sites (tertiary alicyclic amines) is 1. The van der Waals surface area contributed by atoms with Gasteiger partial charge in [0, 0.05) is 28.5 Å². The normalized spacial score (nSPS) is 19.9. The number of carbonyl (C=O) groups is 1. The molecule has 1 amide bonds. The van der Waals surface area contributed by atoms with E-state index in [4.69, 9.17) is 14.6 Å². The van der Waals surface area contributed by atoms with Crippen molar-refractivity contribution in [2.24, 2.45) is 0 Å². The number of ether oxygens (including phenoxy) is 1. The Bertz CT molecular complexity index is 1340. The maximum atomic E-state index is 15.8. The zero-order valence-corrected chi connectivity index (χ0v) is 19.4. The zero-order valence-electron chi connectivity index (χ0n) is 22.4. The average Bonchev–Trinajstić information content (AvgIpc) is 2.86. The van der Waals surface area contributed by atoms with Crippen molar-refractivity contribution in [3.05, 3.63) is 53.9 Å². The minimum Gasteiger partial charge on any atom is -0.478 e. The van der Waals surface area contributed by atoms with Crippen LogP contribution in [0.3, 0.4) is 0 Å². The molecular weight excluding hydrogens is 454 g/mol. The lowest BCUT2D eigenvalue weighted by atomic mass is 9.91. The molecule has 184 valence electrons. The molecule has 4 rings (SSSR count). The number of halogens is 2. The second-order valence-corrected chi connectivity index (χ2v) is 8.65. The van der Waals surface area contributed by atoms with Crippen LogP contribution in [0.15, 0.2) is 36.5 Å². The summed E-state index contributed by atoms with van der Waals surface area (Å²) in [4.78, 5) is 27.0. The van der Waals surface area contributed by atoms with E-state index in [1.54, 1.807) is 19.1 Å². The Morgan fingerprint density at radius 2 is 2.11 bits per heavy atom. The number of nitrogens with zero attached hydrogens (tertiary/aromatic N) is 4. The van der Waals surface area contributed by atoms with Gasteiger partial charge in [-0.05, 0) is 64.5 Å². The summed E-state index contributed by atoms with van der Waals surface area (Å²) in [6.07, 6.45) is 2.51. The molecule has 35 heavy (non-hydrogen) atoms. The lowest BCUT2D eigenvalue weighted by Gasteiger charge is -2.39. The smallest absolute Gasteiger partial charge is 0.254 e. The van der Waals surface area contributed by atoms with Crippen molar-refractivity contribution in [2.45, 2.75) is 32.2 Å². The highest BCUT2D eigenvalue weighted by Crippen LogP contribution is 2.29. The predicted octanol–water partition coefficient (Wildman–Crippen LogP) is 3.68. The molecule has 0 unspecified atom stereocenters. The van der Waals surface area contributed by atoms with Crippen molar-refractivity contribution in [3.63, 3.8) is 0 Å². The molecular formula is C25H28F2N6O2. The quantitative estimate of drug-likeness (QED) is 0.513. The topological polar surface area (TPSA) is 106 Å². The Hall–Kier alpha value is -3.66. The molecule has 1 aliphatic rings. The van der Waals surface area contributed by atoms with Gasteiger partial charge in [-0.25, -0.2) is 19.3 Å². The largest absolute Gasteiger partial charge is 0.478 e. The molecule has 3 N–H and O–H groups in total. The fourth-order valence-corrected chi connectivity index (χ4v) is 4.04. The number of anilines is 1. The fraction of sp³-hybridized carbons (Fsp3) is 0.360. The van der Waals surface area contributed by atoms with Gasteiger partial charge in [-0.1, -0.05) is 0 Å². The highest BCUT2D eigenvalue weighted by atomic mass is 19.1. The minimum atomic E-state index is -2.32. The number of pyridine rings is 3. The molecule has 0 radical (unpaired) electrons. The Morgan fingerprint density at radius 3 is 2.80 bits per heavy atom. The molecule has 1 saturated heterocycles. The van der Waals surface area contributed by atoms with Crippen molar-refractivity contribution in [1.29, 1.82) is 0 Å². The van der Waals surface area contributed by atoms with Crippen LogP contribution in [0, 0.1) is 11.8 Å². The highest BCUT2D eigenvalue weighted by Gasteiger charge is 2.33. The Morgan fingerprint density at radius 1 is 1.29 bits per heavy atom. The van der Waals surface area contributed by atoms with Crippen LogP contribution in [-0.4, -0.2) is 58.0 Å². The Kier molecular flexibility index (Phi) is 5.86. The van der Waals surface area contributed by atoms with E-state index in [1.807, 2.05) is 6.92 Å². The summed E-state index contributed by atoms with van der Waals surface area (Å²) in [7, 11) is 0. The summed E-state index contributed by atoms with van der Waals surface area (Å²) in [5, 5.41) is 2.81. The summed E-state index contributed by atoms with van der Waals surface area (Å²) >= 11 is 0. The molecule has 8 nitrogen and oxygen atoms in total. The van der Waals surface area contributed by atoms with E-state index < -0.39 is 30.2 Å². The number of piperidine rings is 1.